The Kier molecular flexibility index (Phi) is 5.92. The zero-order valence-corrected chi connectivity index (χ0v) is 14.5. The lowest BCUT2D eigenvalue weighted by molar-refractivity contribution is -0.117. The van der Waals surface area contributed by atoms with Crippen molar-refractivity contribution in [2.45, 2.75) is 32.8 Å². The second-order valence-electron chi connectivity index (χ2n) is 6.03. The summed E-state index contributed by atoms with van der Waals surface area (Å²) in [6.45, 7) is 4.91. The van der Waals surface area contributed by atoms with Gasteiger partial charge < -0.3 is 15.2 Å². The van der Waals surface area contributed by atoms with Crippen LogP contribution in [0.4, 0.5) is 14.5 Å². The number of carboxylic acids is 1. The Morgan fingerprint density at radius 1 is 1.08 bits per heavy atom. The average Bonchev–Trinajstić information content (AvgIpc) is 2.55. The maximum absolute atomic E-state index is 13.9. The minimum atomic E-state index is -1.18. The maximum atomic E-state index is 13.9. The van der Waals surface area contributed by atoms with Crippen molar-refractivity contribution in [3.05, 3.63) is 59.2 Å². The lowest BCUT2D eigenvalue weighted by Crippen LogP contribution is -2.22. The summed E-state index contributed by atoms with van der Waals surface area (Å²) in [7, 11) is 0. The van der Waals surface area contributed by atoms with Crippen LogP contribution in [0.15, 0.2) is 36.4 Å². The summed E-state index contributed by atoms with van der Waals surface area (Å²) < 4.78 is 33.4. The van der Waals surface area contributed by atoms with Gasteiger partial charge in [0, 0.05) is 5.56 Å². The van der Waals surface area contributed by atoms with Crippen LogP contribution in [0.3, 0.4) is 0 Å². The van der Waals surface area contributed by atoms with Gasteiger partial charge in [0.05, 0.1) is 23.3 Å². The molecule has 1 amide bonds. The summed E-state index contributed by atoms with van der Waals surface area (Å²) in [4.78, 5) is 23.7. The van der Waals surface area contributed by atoms with Crippen LogP contribution in [-0.2, 0) is 4.79 Å². The number of carbonyl (C=O) groups excluding carboxylic acids is 1. The molecule has 0 aliphatic rings. The SMILES string of the molecule is CC(C)Oc1ccc(C(=O)O)cc1NC(=O)C(C)c1c(F)cccc1F. The quantitative estimate of drug-likeness (QED) is 0.807. The Hall–Kier alpha value is -2.96. The zero-order valence-electron chi connectivity index (χ0n) is 14.5. The lowest BCUT2D eigenvalue weighted by Gasteiger charge is -2.18. The second kappa shape index (κ2) is 7.95. The van der Waals surface area contributed by atoms with E-state index in [2.05, 4.69) is 5.32 Å². The first kappa shape index (κ1) is 19.4. The molecule has 0 spiro atoms. The van der Waals surface area contributed by atoms with Crippen LogP contribution in [0.2, 0.25) is 0 Å². The van der Waals surface area contributed by atoms with E-state index < -0.39 is 29.4 Å². The smallest absolute Gasteiger partial charge is 0.335 e. The van der Waals surface area contributed by atoms with Crippen LogP contribution in [-0.4, -0.2) is 23.1 Å². The van der Waals surface area contributed by atoms with Gasteiger partial charge in [-0.3, -0.25) is 4.79 Å². The third kappa shape index (κ3) is 4.36. The zero-order chi connectivity index (χ0) is 19.4. The van der Waals surface area contributed by atoms with Gasteiger partial charge in [0.2, 0.25) is 5.91 Å². The Morgan fingerprint density at radius 2 is 1.69 bits per heavy atom. The molecule has 1 atom stereocenters. The van der Waals surface area contributed by atoms with Crippen molar-refractivity contribution in [2.75, 3.05) is 5.32 Å². The molecule has 0 radical (unpaired) electrons. The van der Waals surface area contributed by atoms with E-state index in [1.807, 2.05) is 0 Å². The number of halogens is 2. The molecule has 0 saturated heterocycles. The number of aromatic carboxylic acids is 1. The average molecular weight is 363 g/mol. The summed E-state index contributed by atoms with van der Waals surface area (Å²) >= 11 is 0. The van der Waals surface area contributed by atoms with E-state index in [0.29, 0.717) is 0 Å². The Labute approximate surface area is 149 Å². The number of anilines is 1. The molecule has 0 fully saturated rings. The van der Waals surface area contributed by atoms with Gasteiger partial charge in [0.15, 0.2) is 0 Å². The first-order chi connectivity index (χ1) is 12.2. The summed E-state index contributed by atoms with van der Waals surface area (Å²) in [5.74, 6) is -4.39. The number of hydrogen-bond donors (Lipinski definition) is 2. The molecule has 1 unspecified atom stereocenters. The van der Waals surface area contributed by atoms with Crippen LogP contribution in [0.25, 0.3) is 0 Å². The van der Waals surface area contributed by atoms with E-state index in [-0.39, 0.29) is 28.7 Å². The number of ether oxygens (including phenoxy) is 1. The lowest BCUT2D eigenvalue weighted by atomic mass is 9.99. The molecular formula is C19H19F2NO4. The summed E-state index contributed by atoms with van der Waals surface area (Å²) in [5, 5.41) is 11.6. The highest BCUT2D eigenvalue weighted by molar-refractivity contribution is 5.98. The highest BCUT2D eigenvalue weighted by atomic mass is 19.1. The van der Waals surface area contributed by atoms with Gasteiger partial charge >= 0.3 is 5.97 Å². The fourth-order valence-electron chi connectivity index (χ4n) is 2.41. The molecular weight excluding hydrogens is 344 g/mol. The van der Waals surface area contributed by atoms with Crippen molar-refractivity contribution >= 4 is 17.6 Å². The maximum Gasteiger partial charge on any atom is 0.335 e. The van der Waals surface area contributed by atoms with Gasteiger partial charge in [-0.25, -0.2) is 13.6 Å². The predicted molar refractivity (Wildman–Crippen MR) is 92.6 cm³/mol. The molecule has 0 aliphatic heterocycles. The number of rotatable bonds is 6. The number of benzene rings is 2. The molecule has 2 rings (SSSR count). The van der Waals surface area contributed by atoms with Gasteiger partial charge in [-0.15, -0.1) is 0 Å². The number of amides is 1. The summed E-state index contributed by atoms with van der Waals surface area (Å²) in [6, 6.07) is 7.36. The molecule has 0 aliphatic carbocycles. The van der Waals surface area contributed by atoms with Crippen molar-refractivity contribution in [1.82, 2.24) is 0 Å². The van der Waals surface area contributed by atoms with Crippen LogP contribution in [0.1, 0.15) is 42.6 Å². The van der Waals surface area contributed by atoms with E-state index in [9.17, 15) is 18.4 Å². The van der Waals surface area contributed by atoms with Gasteiger partial charge in [0.25, 0.3) is 0 Å². The Bertz CT molecular complexity index is 816. The topological polar surface area (TPSA) is 75.6 Å². The molecule has 0 bridgehead atoms. The Balaban J connectivity index is 2.34. The second-order valence-corrected chi connectivity index (χ2v) is 6.03. The molecule has 2 aromatic rings. The van der Waals surface area contributed by atoms with Crippen LogP contribution < -0.4 is 10.1 Å². The van der Waals surface area contributed by atoms with Crippen LogP contribution >= 0.6 is 0 Å². The highest BCUT2D eigenvalue weighted by Gasteiger charge is 2.24. The third-order valence-corrected chi connectivity index (χ3v) is 3.67. The number of hydrogen-bond acceptors (Lipinski definition) is 3. The van der Waals surface area contributed by atoms with Crippen LogP contribution in [0.5, 0.6) is 5.75 Å². The van der Waals surface area contributed by atoms with E-state index in [4.69, 9.17) is 9.84 Å². The molecule has 0 heterocycles. The third-order valence-electron chi connectivity index (χ3n) is 3.67. The predicted octanol–water partition coefficient (Wildman–Crippen LogP) is 4.19. The first-order valence-electron chi connectivity index (χ1n) is 7.99. The molecule has 2 aromatic carbocycles. The van der Waals surface area contributed by atoms with Gasteiger partial charge in [-0.2, -0.15) is 0 Å². The largest absolute Gasteiger partial charge is 0.489 e. The van der Waals surface area contributed by atoms with E-state index >= 15 is 0 Å². The number of carbonyl (C=O) groups is 2. The fraction of sp³-hybridized carbons (Fsp3) is 0.263. The molecule has 5 nitrogen and oxygen atoms in total. The van der Waals surface area contributed by atoms with Crippen molar-refractivity contribution in [3.63, 3.8) is 0 Å². The highest BCUT2D eigenvalue weighted by Crippen LogP contribution is 2.29. The number of nitrogens with one attached hydrogen (secondary N) is 1. The van der Waals surface area contributed by atoms with Crippen molar-refractivity contribution < 1.29 is 28.2 Å². The van der Waals surface area contributed by atoms with Crippen molar-refractivity contribution in [2.24, 2.45) is 0 Å². The minimum Gasteiger partial charge on any atom is -0.489 e. The van der Waals surface area contributed by atoms with Crippen molar-refractivity contribution in [3.8, 4) is 5.75 Å². The summed E-state index contributed by atoms with van der Waals surface area (Å²) in [6.07, 6.45) is -0.220. The number of carboxylic acid groups (broad SMARTS) is 1. The standard InChI is InChI=1S/C19H19F2NO4/c1-10(2)26-16-8-7-12(19(24)25)9-15(16)22-18(23)11(3)17-13(20)5-4-6-14(17)21/h4-11H,1-3H3,(H,22,23)(H,24,25). The first-order valence-corrected chi connectivity index (χ1v) is 7.99. The van der Waals surface area contributed by atoms with Gasteiger partial charge in [-0.05, 0) is 51.1 Å². The molecule has 2 N–H and O–H groups in total. The van der Waals surface area contributed by atoms with Crippen LogP contribution in [0, 0.1) is 11.6 Å². The normalized spacial score (nSPS) is 11.9. The molecule has 7 heteroatoms. The summed E-state index contributed by atoms with van der Waals surface area (Å²) in [5.41, 5.74) is -0.293. The monoisotopic (exact) mass is 363 g/mol. The van der Waals surface area contributed by atoms with Crippen molar-refractivity contribution in [1.29, 1.82) is 0 Å². The minimum absolute atomic E-state index is 0.0545. The fourth-order valence-corrected chi connectivity index (χ4v) is 2.41. The molecule has 138 valence electrons. The van der Waals surface area contributed by atoms with E-state index in [1.165, 1.54) is 31.2 Å². The van der Waals surface area contributed by atoms with E-state index in [0.717, 1.165) is 12.1 Å². The van der Waals surface area contributed by atoms with E-state index in [1.54, 1.807) is 13.8 Å². The van der Waals surface area contributed by atoms with Gasteiger partial charge in [-0.1, -0.05) is 6.07 Å². The molecule has 26 heavy (non-hydrogen) atoms. The molecule has 0 saturated carbocycles. The molecule has 0 aromatic heterocycles. The van der Waals surface area contributed by atoms with Gasteiger partial charge in [0.1, 0.15) is 17.4 Å². The Morgan fingerprint density at radius 3 is 2.23 bits per heavy atom.